The van der Waals surface area contributed by atoms with Gasteiger partial charge in [0.25, 0.3) is 0 Å². The Morgan fingerprint density at radius 3 is 2.83 bits per heavy atom. The van der Waals surface area contributed by atoms with Crippen LogP contribution in [-0.2, 0) is 0 Å². The van der Waals surface area contributed by atoms with Gasteiger partial charge in [-0.15, -0.1) is 0 Å². The summed E-state index contributed by atoms with van der Waals surface area (Å²) < 4.78 is 0. The van der Waals surface area contributed by atoms with Gasteiger partial charge in [-0.05, 0) is 36.2 Å². The Kier molecular flexibility index (Phi) is 3.72. The quantitative estimate of drug-likeness (QED) is 0.749. The Morgan fingerprint density at radius 2 is 2.33 bits per heavy atom. The molecule has 0 aliphatic carbocycles. The van der Waals surface area contributed by atoms with Gasteiger partial charge in [0, 0.05) is 12.1 Å². The largest absolute Gasteiger partial charge is 0.395 e. The summed E-state index contributed by atoms with van der Waals surface area (Å²) >= 11 is 1.70. The molecule has 0 saturated heterocycles. The second kappa shape index (κ2) is 4.60. The van der Waals surface area contributed by atoms with Gasteiger partial charge < -0.3 is 10.4 Å². The summed E-state index contributed by atoms with van der Waals surface area (Å²) in [5.74, 6) is 0. The van der Waals surface area contributed by atoms with Crippen LogP contribution in [-0.4, -0.2) is 17.8 Å². The summed E-state index contributed by atoms with van der Waals surface area (Å²) in [6.07, 6.45) is 0. The molecule has 2 unspecified atom stereocenters. The lowest BCUT2D eigenvalue weighted by atomic mass is 10.1. The summed E-state index contributed by atoms with van der Waals surface area (Å²) in [5.41, 5.74) is 1.29. The van der Waals surface area contributed by atoms with Crippen molar-refractivity contribution in [2.24, 2.45) is 0 Å². The highest BCUT2D eigenvalue weighted by Gasteiger charge is 2.07. The van der Waals surface area contributed by atoms with Gasteiger partial charge in [0.05, 0.1) is 6.61 Å². The molecule has 0 aliphatic heterocycles. The van der Waals surface area contributed by atoms with E-state index in [0.29, 0.717) is 6.04 Å². The molecule has 12 heavy (non-hydrogen) atoms. The maximum absolute atomic E-state index is 8.82. The first-order chi connectivity index (χ1) is 5.74. The molecule has 0 fully saturated rings. The average Bonchev–Trinajstić information content (AvgIpc) is 2.56. The van der Waals surface area contributed by atoms with E-state index in [1.54, 1.807) is 11.3 Å². The van der Waals surface area contributed by atoms with Crippen molar-refractivity contribution in [1.29, 1.82) is 0 Å². The van der Waals surface area contributed by atoms with Gasteiger partial charge in [-0.3, -0.25) is 0 Å². The number of nitrogens with one attached hydrogen (secondary N) is 1. The molecule has 68 valence electrons. The molecule has 2 atom stereocenters. The number of aliphatic hydroxyl groups is 1. The number of rotatable bonds is 4. The van der Waals surface area contributed by atoms with E-state index >= 15 is 0 Å². The summed E-state index contributed by atoms with van der Waals surface area (Å²) in [5, 5.41) is 16.3. The normalized spacial score (nSPS) is 15.9. The van der Waals surface area contributed by atoms with Crippen LogP contribution >= 0.6 is 11.3 Å². The van der Waals surface area contributed by atoms with E-state index in [-0.39, 0.29) is 12.6 Å². The maximum Gasteiger partial charge on any atom is 0.0582 e. The number of thiophene rings is 1. The Labute approximate surface area is 77.2 Å². The van der Waals surface area contributed by atoms with Gasteiger partial charge in [-0.2, -0.15) is 11.3 Å². The summed E-state index contributed by atoms with van der Waals surface area (Å²) in [6.45, 7) is 4.27. The molecule has 0 amide bonds. The fourth-order valence-electron chi connectivity index (χ4n) is 1.10. The van der Waals surface area contributed by atoms with Crippen LogP contribution in [0, 0.1) is 0 Å². The zero-order chi connectivity index (χ0) is 8.97. The van der Waals surface area contributed by atoms with Crippen molar-refractivity contribution in [3.63, 3.8) is 0 Å². The van der Waals surface area contributed by atoms with Crippen LogP contribution in [0.2, 0.25) is 0 Å². The molecule has 0 aliphatic rings. The Balaban J connectivity index is 2.44. The number of aliphatic hydroxyl groups excluding tert-OH is 1. The monoisotopic (exact) mass is 185 g/mol. The van der Waals surface area contributed by atoms with Crippen molar-refractivity contribution >= 4 is 11.3 Å². The van der Waals surface area contributed by atoms with Crippen LogP contribution in [0.1, 0.15) is 25.5 Å². The predicted molar refractivity (Wildman–Crippen MR) is 52.4 cm³/mol. The molecular weight excluding hydrogens is 170 g/mol. The summed E-state index contributed by atoms with van der Waals surface area (Å²) in [4.78, 5) is 0. The molecule has 0 saturated carbocycles. The van der Waals surface area contributed by atoms with Gasteiger partial charge in [-0.1, -0.05) is 0 Å². The molecule has 1 rings (SSSR count). The fraction of sp³-hybridized carbons (Fsp3) is 0.556. The smallest absolute Gasteiger partial charge is 0.0582 e. The van der Waals surface area contributed by atoms with Crippen molar-refractivity contribution in [3.8, 4) is 0 Å². The lowest BCUT2D eigenvalue weighted by molar-refractivity contribution is 0.243. The first-order valence-electron chi connectivity index (χ1n) is 4.13. The van der Waals surface area contributed by atoms with Crippen LogP contribution in [0.4, 0.5) is 0 Å². The van der Waals surface area contributed by atoms with Crippen LogP contribution in [0.15, 0.2) is 16.8 Å². The van der Waals surface area contributed by atoms with Crippen LogP contribution < -0.4 is 5.32 Å². The highest BCUT2D eigenvalue weighted by molar-refractivity contribution is 7.07. The Bertz CT molecular complexity index is 210. The lowest BCUT2D eigenvalue weighted by Gasteiger charge is -2.16. The highest BCUT2D eigenvalue weighted by Crippen LogP contribution is 2.15. The Hall–Kier alpha value is -0.380. The number of hydrogen-bond acceptors (Lipinski definition) is 3. The second-order valence-corrected chi connectivity index (χ2v) is 3.81. The molecule has 0 aromatic carbocycles. The van der Waals surface area contributed by atoms with Crippen molar-refractivity contribution in [1.82, 2.24) is 5.32 Å². The zero-order valence-electron chi connectivity index (χ0n) is 7.45. The van der Waals surface area contributed by atoms with Crippen LogP contribution in [0.5, 0.6) is 0 Å². The highest BCUT2D eigenvalue weighted by atomic mass is 32.1. The molecule has 0 spiro atoms. The lowest BCUT2D eigenvalue weighted by Crippen LogP contribution is -2.31. The van der Waals surface area contributed by atoms with E-state index in [1.807, 2.05) is 6.92 Å². The molecule has 0 bridgehead atoms. The average molecular weight is 185 g/mol. The molecule has 2 nitrogen and oxygen atoms in total. The van der Waals surface area contributed by atoms with Gasteiger partial charge in [0.1, 0.15) is 0 Å². The van der Waals surface area contributed by atoms with Gasteiger partial charge >= 0.3 is 0 Å². The molecule has 1 heterocycles. The van der Waals surface area contributed by atoms with Crippen molar-refractivity contribution in [2.75, 3.05) is 6.61 Å². The van der Waals surface area contributed by atoms with E-state index in [1.165, 1.54) is 5.56 Å². The minimum absolute atomic E-state index is 0.167. The third kappa shape index (κ3) is 2.59. The fourth-order valence-corrected chi connectivity index (χ4v) is 1.85. The topological polar surface area (TPSA) is 32.3 Å². The van der Waals surface area contributed by atoms with Gasteiger partial charge in [0.2, 0.25) is 0 Å². The molecule has 1 aromatic heterocycles. The van der Waals surface area contributed by atoms with E-state index < -0.39 is 0 Å². The summed E-state index contributed by atoms with van der Waals surface area (Å²) in [6, 6.07) is 2.60. The molecule has 3 heteroatoms. The predicted octanol–water partition coefficient (Wildman–Crippen LogP) is 1.78. The Morgan fingerprint density at radius 1 is 1.58 bits per heavy atom. The van der Waals surface area contributed by atoms with Crippen molar-refractivity contribution in [2.45, 2.75) is 25.9 Å². The van der Waals surface area contributed by atoms with Crippen LogP contribution in [0.25, 0.3) is 0 Å². The first kappa shape index (κ1) is 9.71. The van der Waals surface area contributed by atoms with Crippen LogP contribution in [0.3, 0.4) is 0 Å². The summed E-state index contributed by atoms with van der Waals surface area (Å²) in [7, 11) is 0. The SMILES string of the molecule is CC(CO)NC(C)c1ccsc1. The zero-order valence-corrected chi connectivity index (χ0v) is 8.27. The maximum atomic E-state index is 8.82. The molecule has 2 N–H and O–H groups in total. The first-order valence-corrected chi connectivity index (χ1v) is 5.07. The van der Waals surface area contributed by atoms with Crippen molar-refractivity contribution in [3.05, 3.63) is 22.4 Å². The van der Waals surface area contributed by atoms with E-state index in [0.717, 1.165) is 0 Å². The van der Waals surface area contributed by atoms with E-state index in [9.17, 15) is 0 Å². The van der Waals surface area contributed by atoms with Gasteiger partial charge in [0.15, 0.2) is 0 Å². The molecular formula is C9H15NOS. The van der Waals surface area contributed by atoms with Gasteiger partial charge in [-0.25, -0.2) is 0 Å². The standard InChI is InChI=1S/C9H15NOS/c1-7(5-11)10-8(2)9-3-4-12-6-9/h3-4,6-8,10-11H,5H2,1-2H3. The third-order valence-corrected chi connectivity index (χ3v) is 2.55. The van der Waals surface area contributed by atoms with E-state index in [2.05, 4.69) is 29.1 Å². The minimum atomic E-state index is 0.167. The molecule has 1 aromatic rings. The minimum Gasteiger partial charge on any atom is -0.395 e. The molecule has 0 radical (unpaired) electrons. The second-order valence-electron chi connectivity index (χ2n) is 3.03. The van der Waals surface area contributed by atoms with Crippen molar-refractivity contribution < 1.29 is 5.11 Å². The number of hydrogen-bond donors (Lipinski definition) is 2. The third-order valence-electron chi connectivity index (χ3n) is 1.85. The van der Waals surface area contributed by atoms with E-state index in [4.69, 9.17) is 5.11 Å².